The van der Waals surface area contributed by atoms with Crippen molar-refractivity contribution >= 4 is 17.5 Å². The third-order valence-electron chi connectivity index (χ3n) is 1.86. The highest BCUT2D eigenvalue weighted by Crippen LogP contribution is 2.09. The molecule has 0 unspecified atom stereocenters. The first-order valence-electron chi connectivity index (χ1n) is 4.71. The Bertz CT molecular complexity index is 423. The zero-order valence-electron chi connectivity index (χ0n) is 8.88. The SMILES string of the molecule is CCOC=O.Cn1ccc2cccnc21. The van der Waals surface area contributed by atoms with Crippen LogP contribution in [0.1, 0.15) is 6.92 Å². The van der Waals surface area contributed by atoms with Crippen LogP contribution >= 0.6 is 0 Å². The average molecular weight is 206 g/mol. The van der Waals surface area contributed by atoms with E-state index >= 15 is 0 Å². The van der Waals surface area contributed by atoms with Gasteiger partial charge < -0.3 is 9.30 Å². The Morgan fingerprint density at radius 1 is 1.53 bits per heavy atom. The molecule has 0 aliphatic carbocycles. The third kappa shape index (κ3) is 3.09. The van der Waals surface area contributed by atoms with Gasteiger partial charge in [0.25, 0.3) is 6.47 Å². The van der Waals surface area contributed by atoms with Crippen molar-refractivity contribution in [1.82, 2.24) is 9.55 Å². The number of nitrogens with zero attached hydrogens (tertiary/aromatic N) is 2. The van der Waals surface area contributed by atoms with E-state index in [1.54, 1.807) is 6.92 Å². The number of hydrogen-bond acceptors (Lipinski definition) is 3. The Kier molecular flexibility index (Phi) is 4.34. The van der Waals surface area contributed by atoms with Gasteiger partial charge in [-0.15, -0.1) is 0 Å². The number of carbonyl (C=O) groups excluding carboxylic acids is 1. The Hall–Kier alpha value is -1.84. The molecule has 2 aromatic rings. The number of carbonyl (C=O) groups is 1. The lowest BCUT2D eigenvalue weighted by Gasteiger charge is -1.91. The van der Waals surface area contributed by atoms with Crippen LogP contribution in [-0.4, -0.2) is 22.6 Å². The highest BCUT2D eigenvalue weighted by molar-refractivity contribution is 5.75. The summed E-state index contributed by atoms with van der Waals surface area (Å²) in [6.45, 7) is 2.66. The number of rotatable bonds is 2. The fourth-order valence-electron chi connectivity index (χ4n) is 1.16. The van der Waals surface area contributed by atoms with Crippen molar-refractivity contribution < 1.29 is 9.53 Å². The molecule has 0 N–H and O–H groups in total. The molecule has 0 aliphatic rings. The molecule has 80 valence electrons. The van der Waals surface area contributed by atoms with E-state index in [1.807, 2.05) is 30.1 Å². The molecule has 15 heavy (non-hydrogen) atoms. The molecule has 2 aromatic heterocycles. The number of aryl methyl sites for hydroxylation is 1. The molecule has 0 radical (unpaired) electrons. The number of hydrogen-bond donors (Lipinski definition) is 0. The standard InChI is InChI=1S/C8H8N2.C3H6O2/c1-10-6-4-7-3-2-5-9-8(7)10;1-2-5-3-4/h2-6H,1H3;3H,2H2,1H3. The molecule has 4 heteroatoms. The Labute approximate surface area is 88.5 Å². The molecule has 4 nitrogen and oxygen atoms in total. The molecule has 0 spiro atoms. The molecule has 0 atom stereocenters. The van der Waals surface area contributed by atoms with E-state index < -0.39 is 0 Å². The van der Waals surface area contributed by atoms with E-state index in [0.29, 0.717) is 13.1 Å². The molecule has 2 rings (SSSR count). The molecule has 0 aromatic carbocycles. The molecule has 0 amide bonds. The molecular weight excluding hydrogens is 192 g/mol. The van der Waals surface area contributed by atoms with Crippen LogP contribution in [0.2, 0.25) is 0 Å². The fourth-order valence-corrected chi connectivity index (χ4v) is 1.16. The first-order chi connectivity index (χ1) is 7.29. The highest BCUT2D eigenvalue weighted by atomic mass is 16.5. The zero-order chi connectivity index (χ0) is 11.1. The lowest BCUT2D eigenvalue weighted by atomic mass is 10.3. The largest absolute Gasteiger partial charge is 0.468 e. The van der Waals surface area contributed by atoms with Gasteiger partial charge >= 0.3 is 0 Å². The summed E-state index contributed by atoms with van der Waals surface area (Å²) in [5.74, 6) is 0. The van der Waals surface area contributed by atoms with Crippen molar-refractivity contribution in [2.45, 2.75) is 6.92 Å². The van der Waals surface area contributed by atoms with Crippen LogP contribution in [0.25, 0.3) is 11.0 Å². The van der Waals surface area contributed by atoms with Gasteiger partial charge in [-0.3, -0.25) is 4.79 Å². The number of aromatic nitrogens is 2. The van der Waals surface area contributed by atoms with Crippen LogP contribution in [0.15, 0.2) is 30.6 Å². The second-order valence-electron chi connectivity index (χ2n) is 2.89. The summed E-state index contributed by atoms with van der Waals surface area (Å²) in [5, 5.41) is 1.20. The maximum atomic E-state index is 9.18. The molecule has 0 saturated carbocycles. The summed E-state index contributed by atoms with van der Waals surface area (Å²) < 4.78 is 6.16. The van der Waals surface area contributed by atoms with Gasteiger partial charge in [-0.1, -0.05) is 0 Å². The lowest BCUT2D eigenvalue weighted by Crippen LogP contribution is -1.85. The molecule has 0 aliphatic heterocycles. The Morgan fingerprint density at radius 2 is 2.33 bits per heavy atom. The second kappa shape index (κ2) is 5.80. The summed E-state index contributed by atoms with van der Waals surface area (Å²) in [4.78, 5) is 13.4. The summed E-state index contributed by atoms with van der Waals surface area (Å²) in [6.07, 6.45) is 3.82. The van der Waals surface area contributed by atoms with E-state index in [9.17, 15) is 4.79 Å². The Morgan fingerprint density at radius 3 is 2.87 bits per heavy atom. The van der Waals surface area contributed by atoms with Crippen molar-refractivity contribution in [3.63, 3.8) is 0 Å². The van der Waals surface area contributed by atoms with Gasteiger partial charge in [0.2, 0.25) is 0 Å². The van der Waals surface area contributed by atoms with E-state index in [4.69, 9.17) is 0 Å². The van der Waals surface area contributed by atoms with Gasteiger partial charge in [0.15, 0.2) is 0 Å². The molecular formula is C11H14N2O2. The quantitative estimate of drug-likeness (QED) is 0.703. The number of ether oxygens (including phenoxy) is 1. The summed E-state index contributed by atoms with van der Waals surface area (Å²) >= 11 is 0. The summed E-state index contributed by atoms with van der Waals surface area (Å²) in [5.41, 5.74) is 1.04. The van der Waals surface area contributed by atoms with E-state index in [0.717, 1.165) is 5.65 Å². The van der Waals surface area contributed by atoms with Crippen molar-refractivity contribution in [3.05, 3.63) is 30.6 Å². The Balaban J connectivity index is 0.000000195. The van der Waals surface area contributed by atoms with Gasteiger partial charge in [0.05, 0.1) is 6.61 Å². The smallest absolute Gasteiger partial charge is 0.293 e. The lowest BCUT2D eigenvalue weighted by molar-refractivity contribution is -0.128. The number of fused-ring (bicyclic) bond motifs is 1. The first kappa shape index (κ1) is 11.2. The van der Waals surface area contributed by atoms with Crippen LogP contribution in [0.3, 0.4) is 0 Å². The predicted octanol–water partition coefficient (Wildman–Crippen LogP) is 1.75. The van der Waals surface area contributed by atoms with Gasteiger partial charge in [-0.05, 0) is 25.1 Å². The van der Waals surface area contributed by atoms with Crippen LogP contribution in [0, 0.1) is 0 Å². The van der Waals surface area contributed by atoms with Crippen LogP contribution in [0.4, 0.5) is 0 Å². The van der Waals surface area contributed by atoms with E-state index in [1.165, 1.54) is 5.39 Å². The van der Waals surface area contributed by atoms with Crippen LogP contribution in [0.5, 0.6) is 0 Å². The monoisotopic (exact) mass is 206 g/mol. The van der Waals surface area contributed by atoms with Gasteiger partial charge in [0.1, 0.15) is 5.65 Å². The number of pyridine rings is 1. The van der Waals surface area contributed by atoms with Gasteiger partial charge in [0, 0.05) is 24.8 Å². The van der Waals surface area contributed by atoms with E-state index in [-0.39, 0.29) is 0 Å². The maximum Gasteiger partial charge on any atom is 0.293 e. The maximum absolute atomic E-state index is 9.18. The first-order valence-corrected chi connectivity index (χ1v) is 4.71. The van der Waals surface area contributed by atoms with Crippen molar-refractivity contribution in [1.29, 1.82) is 0 Å². The van der Waals surface area contributed by atoms with Crippen molar-refractivity contribution in [2.24, 2.45) is 7.05 Å². The molecule has 2 heterocycles. The highest BCUT2D eigenvalue weighted by Gasteiger charge is 1.93. The molecule has 0 bridgehead atoms. The van der Waals surface area contributed by atoms with Gasteiger partial charge in [-0.2, -0.15) is 0 Å². The molecule has 0 fully saturated rings. The minimum atomic E-state index is 0.431. The summed E-state index contributed by atoms with van der Waals surface area (Å²) in [7, 11) is 2.00. The normalized spacial score (nSPS) is 9.20. The zero-order valence-corrected chi connectivity index (χ0v) is 8.88. The average Bonchev–Trinajstić information content (AvgIpc) is 2.64. The second-order valence-corrected chi connectivity index (χ2v) is 2.89. The molecule has 0 saturated heterocycles. The topological polar surface area (TPSA) is 44.1 Å². The van der Waals surface area contributed by atoms with Gasteiger partial charge in [-0.25, -0.2) is 4.98 Å². The van der Waals surface area contributed by atoms with Crippen molar-refractivity contribution in [2.75, 3.05) is 6.61 Å². The third-order valence-corrected chi connectivity index (χ3v) is 1.86. The minimum Gasteiger partial charge on any atom is -0.468 e. The van der Waals surface area contributed by atoms with Crippen LogP contribution in [-0.2, 0) is 16.6 Å². The minimum absolute atomic E-state index is 0.431. The predicted molar refractivity (Wildman–Crippen MR) is 58.4 cm³/mol. The summed E-state index contributed by atoms with van der Waals surface area (Å²) in [6, 6.07) is 6.06. The van der Waals surface area contributed by atoms with Crippen molar-refractivity contribution in [3.8, 4) is 0 Å². The van der Waals surface area contributed by atoms with Crippen LogP contribution < -0.4 is 0 Å². The fraction of sp³-hybridized carbons (Fsp3) is 0.273. The van der Waals surface area contributed by atoms with E-state index in [2.05, 4.69) is 21.9 Å².